The molecule has 1 amide bonds. The number of amides is 1. The zero-order valence-corrected chi connectivity index (χ0v) is 20.2. The minimum atomic E-state index is -0.0576. The number of nitrogens with zero attached hydrogens (tertiary/aromatic N) is 2. The van der Waals surface area contributed by atoms with Gasteiger partial charge in [-0.15, -0.1) is 0 Å². The smallest absolute Gasteiger partial charge is 0.229 e. The number of nitrogens with one attached hydrogen (secondary N) is 1. The Hall–Kier alpha value is -3.53. The van der Waals surface area contributed by atoms with E-state index in [1.165, 1.54) is 43.9 Å². The lowest BCUT2D eigenvalue weighted by molar-refractivity contribution is -0.115. The number of rotatable bonds is 7. The van der Waals surface area contributed by atoms with Gasteiger partial charge in [-0.05, 0) is 35.1 Å². The van der Waals surface area contributed by atoms with Crippen LogP contribution in [0, 0.1) is 5.92 Å². The molecule has 0 radical (unpaired) electrons. The molecular formula is C31H33N3O. The van der Waals surface area contributed by atoms with E-state index in [4.69, 9.17) is 4.98 Å². The number of aryl methyl sites for hydroxylation is 1. The summed E-state index contributed by atoms with van der Waals surface area (Å²) in [6.07, 6.45) is 12.0. The molecule has 3 aromatic carbocycles. The second-order valence-electron chi connectivity index (χ2n) is 9.72. The molecule has 0 spiro atoms. The summed E-state index contributed by atoms with van der Waals surface area (Å²) in [5.74, 6) is 1.28. The summed E-state index contributed by atoms with van der Waals surface area (Å²) in [6, 6.07) is 24.6. The lowest BCUT2D eigenvalue weighted by Crippen LogP contribution is -2.18. The van der Waals surface area contributed by atoms with Gasteiger partial charge >= 0.3 is 0 Å². The molecule has 0 atom stereocenters. The molecule has 0 saturated heterocycles. The first-order valence-corrected chi connectivity index (χ1v) is 12.9. The maximum Gasteiger partial charge on any atom is 0.229 e. The minimum absolute atomic E-state index is 0.0576. The van der Waals surface area contributed by atoms with Crippen LogP contribution in [0.25, 0.3) is 22.0 Å². The van der Waals surface area contributed by atoms with Gasteiger partial charge < -0.3 is 5.32 Å². The predicted octanol–water partition coefficient (Wildman–Crippen LogP) is 7.38. The summed E-state index contributed by atoms with van der Waals surface area (Å²) in [5, 5.41) is 5.40. The molecule has 1 fully saturated rings. The van der Waals surface area contributed by atoms with Crippen molar-refractivity contribution in [2.24, 2.45) is 5.92 Å². The molecule has 4 heteroatoms. The van der Waals surface area contributed by atoms with Crippen molar-refractivity contribution in [2.75, 3.05) is 5.32 Å². The fourth-order valence-electron chi connectivity index (χ4n) is 5.16. The maximum absolute atomic E-state index is 13.0. The van der Waals surface area contributed by atoms with Crippen LogP contribution in [0.2, 0.25) is 0 Å². The summed E-state index contributed by atoms with van der Waals surface area (Å²) in [7, 11) is 0. The number of fused-ring (bicyclic) bond motifs is 1. The van der Waals surface area contributed by atoms with Crippen LogP contribution in [0.3, 0.4) is 0 Å². The summed E-state index contributed by atoms with van der Waals surface area (Å²) in [6.45, 7) is 0. The molecule has 1 heterocycles. The van der Waals surface area contributed by atoms with E-state index < -0.39 is 0 Å². The van der Waals surface area contributed by atoms with Gasteiger partial charge in [-0.25, -0.2) is 9.97 Å². The molecule has 4 aromatic rings. The molecule has 1 N–H and O–H groups in total. The number of hydrogen-bond donors (Lipinski definition) is 1. The molecular weight excluding hydrogens is 430 g/mol. The summed E-state index contributed by atoms with van der Waals surface area (Å²) >= 11 is 0. The van der Waals surface area contributed by atoms with Gasteiger partial charge in [-0.2, -0.15) is 0 Å². The lowest BCUT2D eigenvalue weighted by atomic mass is 9.94. The van der Waals surface area contributed by atoms with E-state index >= 15 is 0 Å². The Balaban J connectivity index is 1.34. The van der Waals surface area contributed by atoms with Crippen LogP contribution in [-0.2, 0) is 17.6 Å². The van der Waals surface area contributed by atoms with E-state index in [0.29, 0.717) is 12.2 Å². The predicted molar refractivity (Wildman–Crippen MR) is 143 cm³/mol. The average Bonchev–Trinajstić information content (AvgIpc) is 3.17. The normalized spacial score (nSPS) is 14.5. The summed E-state index contributed by atoms with van der Waals surface area (Å²) in [5.41, 5.74) is 3.79. The van der Waals surface area contributed by atoms with E-state index in [1.807, 2.05) is 36.4 Å². The molecule has 1 saturated carbocycles. The van der Waals surface area contributed by atoms with Gasteiger partial charge in [0.05, 0.1) is 24.0 Å². The highest BCUT2D eigenvalue weighted by Crippen LogP contribution is 2.28. The highest BCUT2D eigenvalue weighted by atomic mass is 16.1. The van der Waals surface area contributed by atoms with E-state index in [9.17, 15) is 4.79 Å². The van der Waals surface area contributed by atoms with Crippen LogP contribution < -0.4 is 5.32 Å². The third-order valence-corrected chi connectivity index (χ3v) is 7.11. The molecule has 35 heavy (non-hydrogen) atoms. The van der Waals surface area contributed by atoms with Crippen molar-refractivity contribution in [1.29, 1.82) is 0 Å². The van der Waals surface area contributed by atoms with Crippen LogP contribution in [0.15, 0.2) is 79.0 Å². The van der Waals surface area contributed by atoms with Gasteiger partial charge in [0, 0.05) is 5.56 Å². The van der Waals surface area contributed by atoms with E-state index in [1.54, 1.807) is 6.20 Å². The van der Waals surface area contributed by atoms with Crippen molar-refractivity contribution in [1.82, 2.24) is 9.97 Å². The SMILES string of the molecule is O=C(Cc1ccc2ccccc2c1)Nc1ncc(-c2ccccc2)nc1CCC1CCCCCC1. The maximum atomic E-state index is 13.0. The van der Waals surface area contributed by atoms with Gasteiger partial charge in [-0.3, -0.25) is 4.79 Å². The number of hydrogen-bond acceptors (Lipinski definition) is 3. The first kappa shape index (κ1) is 23.2. The highest BCUT2D eigenvalue weighted by molar-refractivity contribution is 5.93. The Labute approximate surface area is 207 Å². The number of anilines is 1. The third kappa shape index (κ3) is 6.13. The Kier molecular flexibility index (Phi) is 7.47. The highest BCUT2D eigenvalue weighted by Gasteiger charge is 2.17. The topological polar surface area (TPSA) is 54.9 Å². The van der Waals surface area contributed by atoms with Crippen molar-refractivity contribution < 1.29 is 4.79 Å². The van der Waals surface area contributed by atoms with Gasteiger partial charge in [0.2, 0.25) is 5.91 Å². The Bertz CT molecular complexity index is 1280. The van der Waals surface area contributed by atoms with Gasteiger partial charge in [-0.1, -0.05) is 111 Å². The molecule has 1 aliphatic rings. The van der Waals surface area contributed by atoms with E-state index in [-0.39, 0.29) is 5.91 Å². The average molecular weight is 464 g/mol. The number of aromatic nitrogens is 2. The monoisotopic (exact) mass is 463 g/mol. The molecule has 0 aliphatic heterocycles. The van der Waals surface area contributed by atoms with Crippen molar-refractivity contribution in [3.05, 3.63) is 90.3 Å². The van der Waals surface area contributed by atoms with Gasteiger partial charge in [0.25, 0.3) is 0 Å². The first-order valence-electron chi connectivity index (χ1n) is 12.9. The Morgan fingerprint density at radius 2 is 1.60 bits per heavy atom. The summed E-state index contributed by atoms with van der Waals surface area (Å²) in [4.78, 5) is 22.6. The summed E-state index contributed by atoms with van der Waals surface area (Å²) < 4.78 is 0. The molecule has 1 aliphatic carbocycles. The molecule has 0 unspecified atom stereocenters. The zero-order chi connectivity index (χ0) is 23.9. The van der Waals surface area contributed by atoms with Crippen LogP contribution in [0.4, 0.5) is 5.82 Å². The lowest BCUT2D eigenvalue weighted by Gasteiger charge is -2.16. The fourth-order valence-corrected chi connectivity index (χ4v) is 5.16. The Morgan fingerprint density at radius 3 is 2.40 bits per heavy atom. The van der Waals surface area contributed by atoms with Crippen molar-refractivity contribution in [3.8, 4) is 11.3 Å². The fraction of sp³-hybridized carbons (Fsp3) is 0.323. The van der Waals surface area contributed by atoms with Crippen LogP contribution >= 0.6 is 0 Å². The van der Waals surface area contributed by atoms with Crippen molar-refractivity contribution >= 4 is 22.5 Å². The van der Waals surface area contributed by atoms with E-state index in [2.05, 4.69) is 46.7 Å². The molecule has 1 aromatic heterocycles. The second kappa shape index (κ2) is 11.3. The van der Waals surface area contributed by atoms with Gasteiger partial charge in [0.15, 0.2) is 5.82 Å². The zero-order valence-electron chi connectivity index (χ0n) is 20.2. The number of carbonyl (C=O) groups excluding carboxylic acids is 1. The Morgan fingerprint density at radius 1 is 0.857 bits per heavy atom. The largest absolute Gasteiger partial charge is 0.309 e. The molecule has 5 rings (SSSR count). The van der Waals surface area contributed by atoms with Gasteiger partial charge in [0.1, 0.15) is 0 Å². The second-order valence-corrected chi connectivity index (χ2v) is 9.72. The standard InChI is InChI=1S/C31H33N3O/c35-30(21-24-16-18-25-12-8-9-15-27(25)20-24)34-31-28(19-17-23-10-4-1-2-5-11-23)33-29(22-32-31)26-13-6-3-7-14-26/h3,6-9,12-16,18,20,22-23H,1-2,4-5,10-11,17,19,21H2,(H,32,34,35). The number of benzene rings is 3. The molecule has 4 nitrogen and oxygen atoms in total. The van der Waals surface area contributed by atoms with Crippen LogP contribution in [-0.4, -0.2) is 15.9 Å². The van der Waals surface area contributed by atoms with Crippen molar-refractivity contribution in [2.45, 2.75) is 57.8 Å². The van der Waals surface area contributed by atoms with Crippen molar-refractivity contribution in [3.63, 3.8) is 0 Å². The quantitative estimate of drug-likeness (QED) is 0.291. The van der Waals surface area contributed by atoms with Crippen LogP contribution in [0.1, 0.15) is 56.2 Å². The number of carbonyl (C=O) groups is 1. The molecule has 0 bridgehead atoms. The first-order chi connectivity index (χ1) is 17.2. The third-order valence-electron chi connectivity index (χ3n) is 7.11. The van der Waals surface area contributed by atoms with Crippen LogP contribution in [0.5, 0.6) is 0 Å². The van der Waals surface area contributed by atoms with E-state index in [0.717, 1.165) is 46.7 Å². The molecule has 178 valence electrons. The minimum Gasteiger partial charge on any atom is -0.309 e.